The molecule has 1 aliphatic rings. The number of aryl methyl sites for hydroxylation is 1. The number of imide groups is 2. The SMILES string of the molecule is CCOc1ccc(OCC)c(N2C(=O)NC(=O)/C(=C\c3c(C)n(C)c4ccccc34)C2=O)c1. The van der Waals surface area contributed by atoms with Crippen molar-refractivity contribution in [2.24, 2.45) is 7.05 Å². The third-order valence-electron chi connectivity index (χ3n) is 5.62. The highest BCUT2D eigenvalue weighted by atomic mass is 16.5. The van der Waals surface area contributed by atoms with Crippen LogP contribution in [0.15, 0.2) is 48.0 Å². The molecule has 1 saturated heterocycles. The van der Waals surface area contributed by atoms with Gasteiger partial charge in [-0.15, -0.1) is 0 Å². The largest absolute Gasteiger partial charge is 0.494 e. The third kappa shape index (κ3) is 3.84. The lowest BCUT2D eigenvalue weighted by atomic mass is 10.0. The average molecular weight is 447 g/mol. The number of nitrogens with one attached hydrogen (secondary N) is 1. The first-order valence-electron chi connectivity index (χ1n) is 10.7. The minimum absolute atomic E-state index is 0.140. The summed E-state index contributed by atoms with van der Waals surface area (Å²) in [4.78, 5) is 39.9. The van der Waals surface area contributed by atoms with Crippen LogP contribution in [0.4, 0.5) is 10.5 Å². The number of aromatic nitrogens is 1. The molecule has 0 unspecified atom stereocenters. The van der Waals surface area contributed by atoms with Gasteiger partial charge >= 0.3 is 6.03 Å². The van der Waals surface area contributed by atoms with E-state index >= 15 is 0 Å². The lowest BCUT2D eigenvalue weighted by Crippen LogP contribution is -2.54. The van der Waals surface area contributed by atoms with Gasteiger partial charge in [0, 0.05) is 35.3 Å². The molecule has 2 heterocycles. The van der Waals surface area contributed by atoms with Crippen LogP contribution in [-0.2, 0) is 16.6 Å². The predicted molar refractivity (Wildman–Crippen MR) is 125 cm³/mol. The molecular formula is C25H25N3O5. The Labute approximate surface area is 191 Å². The summed E-state index contributed by atoms with van der Waals surface area (Å²) in [6, 6.07) is 11.8. The van der Waals surface area contributed by atoms with E-state index in [0.29, 0.717) is 24.7 Å². The van der Waals surface area contributed by atoms with E-state index in [1.165, 1.54) is 0 Å². The van der Waals surface area contributed by atoms with Crippen molar-refractivity contribution in [2.45, 2.75) is 20.8 Å². The maximum atomic E-state index is 13.5. The number of carbonyl (C=O) groups excluding carboxylic acids is 3. The third-order valence-corrected chi connectivity index (χ3v) is 5.62. The zero-order valence-corrected chi connectivity index (χ0v) is 19.0. The van der Waals surface area contributed by atoms with E-state index in [1.54, 1.807) is 31.2 Å². The molecule has 8 heteroatoms. The second kappa shape index (κ2) is 8.82. The Hall–Kier alpha value is -4.07. The van der Waals surface area contributed by atoms with Crippen LogP contribution in [0.25, 0.3) is 17.0 Å². The Balaban J connectivity index is 1.84. The van der Waals surface area contributed by atoms with Gasteiger partial charge in [-0.2, -0.15) is 0 Å². The molecule has 3 aromatic rings. The maximum absolute atomic E-state index is 13.5. The van der Waals surface area contributed by atoms with Gasteiger partial charge in [0.25, 0.3) is 11.8 Å². The number of fused-ring (bicyclic) bond motifs is 1. The van der Waals surface area contributed by atoms with Crippen molar-refractivity contribution < 1.29 is 23.9 Å². The second-order valence-corrected chi connectivity index (χ2v) is 7.53. The molecule has 0 bridgehead atoms. The van der Waals surface area contributed by atoms with Crippen LogP contribution in [0.5, 0.6) is 11.5 Å². The van der Waals surface area contributed by atoms with Crippen LogP contribution in [0, 0.1) is 6.92 Å². The fourth-order valence-electron chi connectivity index (χ4n) is 3.96. The monoisotopic (exact) mass is 447 g/mol. The maximum Gasteiger partial charge on any atom is 0.336 e. The van der Waals surface area contributed by atoms with E-state index in [4.69, 9.17) is 9.47 Å². The van der Waals surface area contributed by atoms with Crippen molar-refractivity contribution in [2.75, 3.05) is 18.1 Å². The Kier molecular flexibility index (Phi) is 5.91. The molecule has 1 N–H and O–H groups in total. The second-order valence-electron chi connectivity index (χ2n) is 7.53. The van der Waals surface area contributed by atoms with Crippen LogP contribution in [0.1, 0.15) is 25.1 Å². The van der Waals surface area contributed by atoms with Crippen molar-refractivity contribution in [3.63, 3.8) is 0 Å². The van der Waals surface area contributed by atoms with E-state index in [-0.39, 0.29) is 11.3 Å². The summed E-state index contributed by atoms with van der Waals surface area (Å²) in [5.74, 6) is -0.665. The Morgan fingerprint density at radius 2 is 1.73 bits per heavy atom. The number of para-hydroxylation sites is 1. The predicted octanol–water partition coefficient (Wildman–Crippen LogP) is 3.95. The number of rotatable bonds is 6. The summed E-state index contributed by atoms with van der Waals surface area (Å²) in [5, 5.41) is 3.18. The summed E-state index contributed by atoms with van der Waals surface area (Å²) in [6.45, 7) is 6.30. The quantitative estimate of drug-likeness (QED) is 0.457. The standard InChI is InChI=1S/C25H25N3O5/c1-5-32-16-11-12-22(33-6-2)21(13-16)28-24(30)19(23(29)26-25(28)31)14-18-15(3)27(4)20-10-8-7-9-17(18)20/h7-14H,5-6H2,1-4H3,(H,26,29,31)/b19-14+. The number of urea groups is 1. The van der Waals surface area contributed by atoms with Crippen molar-refractivity contribution in [1.82, 2.24) is 9.88 Å². The van der Waals surface area contributed by atoms with Crippen LogP contribution in [0.2, 0.25) is 0 Å². The summed E-state index contributed by atoms with van der Waals surface area (Å²) in [7, 11) is 1.92. The smallest absolute Gasteiger partial charge is 0.336 e. The van der Waals surface area contributed by atoms with Gasteiger partial charge in [0.2, 0.25) is 0 Å². The van der Waals surface area contributed by atoms with Gasteiger partial charge in [-0.05, 0) is 45.0 Å². The Bertz CT molecular complexity index is 1300. The molecule has 0 spiro atoms. The summed E-state index contributed by atoms with van der Waals surface area (Å²) >= 11 is 0. The molecule has 1 aromatic heterocycles. The first kappa shape index (κ1) is 22.1. The molecule has 33 heavy (non-hydrogen) atoms. The molecule has 0 radical (unpaired) electrons. The van der Waals surface area contributed by atoms with E-state index in [0.717, 1.165) is 27.1 Å². The van der Waals surface area contributed by atoms with Crippen molar-refractivity contribution >= 4 is 40.5 Å². The minimum atomic E-state index is -0.841. The summed E-state index contributed by atoms with van der Waals surface area (Å²) in [6.07, 6.45) is 1.54. The molecule has 4 rings (SSSR count). The number of barbiturate groups is 1. The Morgan fingerprint density at radius 1 is 1.00 bits per heavy atom. The highest BCUT2D eigenvalue weighted by molar-refractivity contribution is 6.39. The minimum Gasteiger partial charge on any atom is -0.494 e. The number of hydrogen-bond acceptors (Lipinski definition) is 5. The molecular weight excluding hydrogens is 422 g/mol. The van der Waals surface area contributed by atoms with Gasteiger partial charge in [-0.25, -0.2) is 9.69 Å². The molecule has 2 aromatic carbocycles. The van der Waals surface area contributed by atoms with Gasteiger partial charge in [0.1, 0.15) is 17.1 Å². The number of anilines is 1. The molecule has 1 aliphatic heterocycles. The fraction of sp³-hybridized carbons (Fsp3) is 0.240. The van der Waals surface area contributed by atoms with Crippen LogP contribution in [0.3, 0.4) is 0 Å². The zero-order chi connectivity index (χ0) is 23.7. The zero-order valence-electron chi connectivity index (χ0n) is 19.0. The first-order chi connectivity index (χ1) is 15.9. The topological polar surface area (TPSA) is 89.9 Å². The molecule has 170 valence electrons. The lowest BCUT2D eigenvalue weighted by Gasteiger charge is -2.28. The van der Waals surface area contributed by atoms with Gasteiger partial charge in [0.15, 0.2) is 0 Å². The van der Waals surface area contributed by atoms with Crippen LogP contribution < -0.4 is 19.7 Å². The number of ether oxygens (including phenoxy) is 2. The van der Waals surface area contributed by atoms with E-state index < -0.39 is 17.8 Å². The molecule has 8 nitrogen and oxygen atoms in total. The molecule has 1 fully saturated rings. The average Bonchev–Trinajstić information content (AvgIpc) is 3.03. The van der Waals surface area contributed by atoms with Crippen molar-refractivity contribution in [1.29, 1.82) is 0 Å². The van der Waals surface area contributed by atoms with Gasteiger partial charge in [-0.3, -0.25) is 14.9 Å². The fourth-order valence-corrected chi connectivity index (χ4v) is 3.96. The number of benzene rings is 2. The Morgan fingerprint density at radius 3 is 2.45 bits per heavy atom. The van der Waals surface area contributed by atoms with Gasteiger partial charge in [0.05, 0.1) is 18.9 Å². The van der Waals surface area contributed by atoms with Gasteiger partial charge < -0.3 is 14.0 Å². The summed E-state index contributed by atoms with van der Waals surface area (Å²) < 4.78 is 13.2. The van der Waals surface area contributed by atoms with E-state index in [1.807, 2.05) is 49.7 Å². The molecule has 0 saturated carbocycles. The highest BCUT2D eigenvalue weighted by Gasteiger charge is 2.38. The van der Waals surface area contributed by atoms with Crippen LogP contribution >= 0.6 is 0 Å². The number of hydrogen-bond donors (Lipinski definition) is 1. The number of carbonyl (C=O) groups is 3. The molecule has 4 amide bonds. The van der Waals surface area contributed by atoms with Crippen molar-refractivity contribution in [3.8, 4) is 11.5 Å². The van der Waals surface area contributed by atoms with E-state index in [2.05, 4.69) is 5.32 Å². The van der Waals surface area contributed by atoms with Crippen LogP contribution in [-0.4, -0.2) is 35.6 Å². The van der Waals surface area contributed by atoms with Gasteiger partial charge in [-0.1, -0.05) is 18.2 Å². The van der Waals surface area contributed by atoms with E-state index in [9.17, 15) is 14.4 Å². The summed E-state index contributed by atoms with van der Waals surface area (Å²) in [5.41, 5.74) is 2.67. The molecule has 0 atom stereocenters. The number of nitrogens with zero attached hydrogens (tertiary/aromatic N) is 2. The first-order valence-corrected chi connectivity index (χ1v) is 10.7. The van der Waals surface area contributed by atoms with Crippen molar-refractivity contribution in [3.05, 3.63) is 59.3 Å². The highest BCUT2D eigenvalue weighted by Crippen LogP contribution is 2.35. The normalized spacial score (nSPS) is 15.3. The lowest BCUT2D eigenvalue weighted by molar-refractivity contribution is -0.122. The molecule has 0 aliphatic carbocycles. The number of amides is 4.